The third-order valence-electron chi connectivity index (χ3n) is 3.02. The van der Waals surface area contributed by atoms with Gasteiger partial charge < -0.3 is 10.6 Å². The van der Waals surface area contributed by atoms with E-state index in [-0.39, 0.29) is 23.4 Å². The van der Waals surface area contributed by atoms with Crippen LogP contribution in [-0.2, 0) is 9.59 Å². The standard InChI is InChI=1S/C13H15FN2O2/c1-8(17)15-10-5-6-11(14)12(7-10)16-13(18)9-3-2-4-9/h5-7,9H,2-4H2,1H3,(H,15,17)(H,16,18). The quantitative estimate of drug-likeness (QED) is 0.866. The van der Waals surface area contributed by atoms with Crippen molar-refractivity contribution in [3.8, 4) is 0 Å². The number of carbonyl (C=O) groups excluding carboxylic acids is 2. The zero-order chi connectivity index (χ0) is 13.1. The normalized spacial score (nSPS) is 14.8. The molecule has 0 radical (unpaired) electrons. The first-order chi connectivity index (χ1) is 8.56. The molecule has 0 spiro atoms. The number of amides is 2. The minimum atomic E-state index is -0.503. The molecule has 0 saturated heterocycles. The summed E-state index contributed by atoms with van der Waals surface area (Å²) in [5, 5.41) is 5.11. The van der Waals surface area contributed by atoms with Gasteiger partial charge in [-0.2, -0.15) is 0 Å². The van der Waals surface area contributed by atoms with Gasteiger partial charge in [-0.3, -0.25) is 9.59 Å². The molecule has 0 aliphatic heterocycles. The van der Waals surface area contributed by atoms with E-state index in [1.54, 1.807) is 0 Å². The molecule has 0 atom stereocenters. The van der Waals surface area contributed by atoms with Gasteiger partial charge in [0.1, 0.15) is 5.82 Å². The Morgan fingerprint density at radius 3 is 2.56 bits per heavy atom. The molecule has 18 heavy (non-hydrogen) atoms. The molecule has 1 saturated carbocycles. The summed E-state index contributed by atoms with van der Waals surface area (Å²) in [6.07, 6.45) is 2.77. The minimum Gasteiger partial charge on any atom is -0.326 e. The SMILES string of the molecule is CC(=O)Nc1ccc(F)c(NC(=O)C2CCC2)c1. The van der Waals surface area contributed by atoms with Crippen molar-refractivity contribution in [3.05, 3.63) is 24.0 Å². The molecule has 1 aliphatic rings. The van der Waals surface area contributed by atoms with E-state index in [0.717, 1.165) is 19.3 Å². The van der Waals surface area contributed by atoms with E-state index in [4.69, 9.17) is 0 Å². The summed E-state index contributed by atoms with van der Waals surface area (Å²) < 4.78 is 13.5. The number of carbonyl (C=O) groups is 2. The molecule has 2 N–H and O–H groups in total. The van der Waals surface area contributed by atoms with E-state index in [9.17, 15) is 14.0 Å². The van der Waals surface area contributed by atoms with Gasteiger partial charge in [0, 0.05) is 18.5 Å². The molecule has 0 heterocycles. The molecule has 1 aromatic rings. The molecule has 0 bridgehead atoms. The van der Waals surface area contributed by atoms with Gasteiger partial charge in [-0.1, -0.05) is 6.42 Å². The lowest BCUT2D eigenvalue weighted by Crippen LogP contribution is -2.28. The molecule has 0 aromatic heterocycles. The summed E-state index contributed by atoms with van der Waals surface area (Å²) in [7, 11) is 0. The average molecular weight is 250 g/mol. The van der Waals surface area contributed by atoms with Gasteiger partial charge in [-0.25, -0.2) is 4.39 Å². The molecular weight excluding hydrogens is 235 g/mol. The van der Waals surface area contributed by atoms with Crippen LogP contribution in [0.3, 0.4) is 0 Å². The van der Waals surface area contributed by atoms with Gasteiger partial charge in [0.05, 0.1) is 5.69 Å². The summed E-state index contributed by atoms with van der Waals surface area (Å²) in [6.45, 7) is 1.37. The monoisotopic (exact) mass is 250 g/mol. The summed E-state index contributed by atoms with van der Waals surface area (Å²) in [6, 6.07) is 4.10. The van der Waals surface area contributed by atoms with E-state index < -0.39 is 5.82 Å². The molecule has 5 heteroatoms. The van der Waals surface area contributed by atoms with Gasteiger partial charge in [0.2, 0.25) is 11.8 Å². The third-order valence-corrected chi connectivity index (χ3v) is 3.02. The van der Waals surface area contributed by atoms with Crippen LogP contribution in [0.5, 0.6) is 0 Å². The van der Waals surface area contributed by atoms with Crippen molar-refractivity contribution < 1.29 is 14.0 Å². The lowest BCUT2D eigenvalue weighted by Gasteiger charge is -2.24. The maximum absolute atomic E-state index is 13.5. The Labute approximate surface area is 105 Å². The highest BCUT2D eigenvalue weighted by Crippen LogP contribution is 2.28. The maximum atomic E-state index is 13.5. The number of anilines is 2. The summed E-state index contributed by atoms with van der Waals surface area (Å²) >= 11 is 0. The zero-order valence-corrected chi connectivity index (χ0v) is 10.1. The second kappa shape index (κ2) is 5.16. The lowest BCUT2D eigenvalue weighted by molar-refractivity contribution is -0.122. The van der Waals surface area contributed by atoms with E-state index >= 15 is 0 Å². The van der Waals surface area contributed by atoms with Crippen LogP contribution >= 0.6 is 0 Å². The van der Waals surface area contributed by atoms with Crippen LogP contribution in [0.15, 0.2) is 18.2 Å². The number of nitrogens with one attached hydrogen (secondary N) is 2. The summed E-state index contributed by atoms with van der Waals surface area (Å²) in [5.41, 5.74) is 0.575. The van der Waals surface area contributed by atoms with Crippen LogP contribution in [0, 0.1) is 11.7 Å². The topological polar surface area (TPSA) is 58.2 Å². The Balaban J connectivity index is 2.10. The second-order valence-electron chi connectivity index (χ2n) is 4.49. The van der Waals surface area contributed by atoms with Gasteiger partial charge >= 0.3 is 0 Å². The molecule has 1 aliphatic carbocycles. The second-order valence-corrected chi connectivity index (χ2v) is 4.49. The molecule has 2 rings (SSSR count). The van der Waals surface area contributed by atoms with Crippen LogP contribution in [0.4, 0.5) is 15.8 Å². The molecule has 1 aromatic carbocycles. The summed E-state index contributed by atoms with van der Waals surface area (Å²) in [4.78, 5) is 22.6. The van der Waals surface area contributed by atoms with Gasteiger partial charge in [0.15, 0.2) is 0 Å². The first-order valence-corrected chi connectivity index (χ1v) is 5.94. The highest BCUT2D eigenvalue weighted by molar-refractivity contribution is 5.94. The maximum Gasteiger partial charge on any atom is 0.227 e. The molecule has 2 amide bonds. The first kappa shape index (κ1) is 12.5. The van der Waals surface area contributed by atoms with Crippen molar-refractivity contribution in [2.75, 3.05) is 10.6 Å². The highest BCUT2D eigenvalue weighted by Gasteiger charge is 2.25. The van der Waals surface area contributed by atoms with Crippen LogP contribution in [0.2, 0.25) is 0 Å². The van der Waals surface area contributed by atoms with Crippen LogP contribution < -0.4 is 10.6 Å². The number of hydrogen-bond acceptors (Lipinski definition) is 2. The smallest absolute Gasteiger partial charge is 0.227 e. The third kappa shape index (κ3) is 2.85. The van der Waals surface area contributed by atoms with Crippen LogP contribution in [0.1, 0.15) is 26.2 Å². The van der Waals surface area contributed by atoms with Gasteiger partial charge in [0.25, 0.3) is 0 Å². The van der Waals surface area contributed by atoms with Gasteiger partial charge in [-0.15, -0.1) is 0 Å². The number of rotatable bonds is 3. The Morgan fingerprint density at radius 1 is 1.28 bits per heavy atom. The van der Waals surface area contributed by atoms with Crippen molar-refractivity contribution >= 4 is 23.2 Å². The summed E-state index contributed by atoms with van der Waals surface area (Å²) in [5.74, 6) is -0.899. The zero-order valence-electron chi connectivity index (χ0n) is 10.1. The van der Waals surface area contributed by atoms with E-state index in [0.29, 0.717) is 5.69 Å². The minimum absolute atomic E-state index is 0.00572. The lowest BCUT2D eigenvalue weighted by atomic mass is 9.85. The molecule has 4 nitrogen and oxygen atoms in total. The largest absolute Gasteiger partial charge is 0.326 e. The van der Waals surface area contributed by atoms with E-state index in [2.05, 4.69) is 10.6 Å². The fourth-order valence-corrected chi connectivity index (χ4v) is 1.81. The van der Waals surface area contributed by atoms with E-state index in [1.165, 1.54) is 25.1 Å². The van der Waals surface area contributed by atoms with Crippen molar-refractivity contribution in [2.24, 2.45) is 5.92 Å². The molecule has 96 valence electrons. The Hall–Kier alpha value is -1.91. The fourth-order valence-electron chi connectivity index (χ4n) is 1.81. The number of benzene rings is 1. The van der Waals surface area contributed by atoms with Crippen molar-refractivity contribution in [1.29, 1.82) is 0 Å². The molecule has 1 fully saturated rings. The van der Waals surface area contributed by atoms with Crippen molar-refractivity contribution in [2.45, 2.75) is 26.2 Å². The van der Waals surface area contributed by atoms with Crippen LogP contribution in [-0.4, -0.2) is 11.8 Å². The van der Waals surface area contributed by atoms with E-state index in [1.807, 2.05) is 0 Å². The first-order valence-electron chi connectivity index (χ1n) is 5.94. The van der Waals surface area contributed by atoms with Crippen molar-refractivity contribution in [3.63, 3.8) is 0 Å². The van der Waals surface area contributed by atoms with Crippen LogP contribution in [0.25, 0.3) is 0 Å². The van der Waals surface area contributed by atoms with Crippen molar-refractivity contribution in [1.82, 2.24) is 0 Å². The van der Waals surface area contributed by atoms with Gasteiger partial charge in [-0.05, 0) is 31.0 Å². The number of halogens is 1. The Morgan fingerprint density at radius 2 is 2.00 bits per heavy atom. The number of hydrogen-bond donors (Lipinski definition) is 2. The Bertz CT molecular complexity index is 484. The average Bonchev–Trinajstić information content (AvgIpc) is 2.19. The molecule has 0 unspecified atom stereocenters. The fraction of sp³-hybridized carbons (Fsp3) is 0.385. The molecular formula is C13H15FN2O2. The highest BCUT2D eigenvalue weighted by atomic mass is 19.1. The predicted molar refractivity (Wildman–Crippen MR) is 66.7 cm³/mol. The Kier molecular flexibility index (Phi) is 3.60. The predicted octanol–water partition coefficient (Wildman–Crippen LogP) is 2.52.